The van der Waals surface area contributed by atoms with Crippen LogP contribution >= 0.6 is 0 Å². The minimum atomic E-state index is -0.0123. The Morgan fingerprint density at radius 1 is 1.25 bits per heavy atom. The van der Waals surface area contributed by atoms with Crippen molar-refractivity contribution in [2.75, 3.05) is 11.9 Å². The predicted molar refractivity (Wildman–Crippen MR) is 97.8 cm³/mol. The zero-order valence-electron chi connectivity index (χ0n) is 13.9. The van der Waals surface area contributed by atoms with Crippen LogP contribution in [0.25, 0.3) is 11.6 Å². The van der Waals surface area contributed by atoms with Gasteiger partial charge in [0.2, 0.25) is 11.8 Å². The van der Waals surface area contributed by atoms with E-state index >= 15 is 0 Å². The molecule has 1 aliphatic heterocycles. The summed E-state index contributed by atoms with van der Waals surface area (Å²) in [6.45, 7) is 3.06. The van der Waals surface area contributed by atoms with E-state index in [0.717, 1.165) is 24.1 Å². The molecular formula is C18H23N5O. The summed E-state index contributed by atoms with van der Waals surface area (Å²) >= 11 is 0. The van der Waals surface area contributed by atoms with Crippen molar-refractivity contribution in [2.24, 2.45) is 4.99 Å². The van der Waals surface area contributed by atoms with Crippen LogP contribution in [0.3, 0.4) is 0 Å². The van der Waals surface area contributed by atoms with Gasteiger partial charge < -0.3 is 15.4 Å². The molecule has 0 atom stereocenters. The summed E-state index contributed by atoms with van der Waals surface area (Å²) in [6, 6.07) is 3.84. The topological polar surface area (TPSA) is 86.2 Å². The number of aliphatic imine (C=N–C) groups is 1. The molecular weight excluding hydrogens is 302 g/mol. The number of rotatable bonds is 8. The van der Waals surface area contributed by atoms with Crippen molar-refractivity contribution in [3.05, 3.63) is 29.6 Å². The van der Waals surface area contributed by atoms with Crippen LogP contribution in [0.1, 0.15) is 50.3 Å². The monoisotopic (exact) mass is 325 g/mol. The Kier molecular flexibility index (Phi) is 5.25. The third-order valence-corrected chi connectivity index (χ3v) is 4.01. The van der Waals surface area contributed by atoms with Crippen molar-refractivity contribution in [2.45, 2.75) is 39.0 Å². The molecule has 2 aromatic heterocycles. The minimum Gasteiger partial charge on any atom is -0.492 e. The maximum Gasteiger partial charge on any atom is 0.238 e. The highest BCUT2D eigenvalue weighted by Gasteiger charge is 2.14. The zero-order chi connectivity index (χ0) is 16.8. The van der Waals surface area contributed by atoms with Gasteiger partial charge in [-0.1, -0.05) is 32.6 Å². The number of pyridine rings is 1. The number of aromatic nitrogens is 3. The molecule has 3 rings (SSSR count). The number of hydrogen-bond acceptors (Lipinski definition) is 5. The van der Waals surface area contributed by atoms with Gasteiger partial charge in [-0.2, -0.15) is 4.98 Å². The smallest absolute Gasteiger partial charge is 0.238 e. The molecule has 0 aromatic carbocycles. The summed E-state index contributed by atoms with van der Waals surface area (Å²) < 4.78 is 0. The van der Waals surface area contributed by atoms with Gasteiger partial charge >= 0.3 is 0 Å². The molecule has 3 heterocycles. The van der Waals surface area contributed by atoms with Crippen molar-refractivity contribution in [3.8, 4) is 5.88 Å². The summed E-state index contributed by atoms with van der Waals surface area (Å²) in [7, 11) is 0. The molecule has 0 saturated heterocycles. The summed E-state index contributed by atoms with van der Waals surface area (Å²) in [4.78, 5) is 15.7. The molecule has 0 saturated carbocycles. The zero-order valence-corrected chi connectivity index (χ0v) is 13.9. The summed E-state index contributed by atoms with van der Waals surface area (Å²) in [6.07, 6.45) is 11.4. The second-order valence-corrected chi connectivity index (χ2v) is 5.90. The second-order valence-electron chi connectivity index (χ2n) is 5.90. The molecule has 1 aliphatic rings. The lowest BCUT2D eigenvalue weighted by molar-refractivity contribution is 0.455. The van der Waals surface area contributed by atoms with E-state index in [2.05, 4.69) is 32.2 Å². The van der Waals surface area contributed by atoms with E-state index < -0.39 is 0 Å². The first kappa shape index (κ1) is 16.2. The Morgan fingerprint density at radius 2 is 2.12 bits per heavy atom. The molecule has 0 unspecified atom stereocenters. The quantitative estimate of drug-likeness (QED) is 0.636. The van der Waals surface area contributed by atoms with Gasteiger partial charge in [-0.25, -0.2) is 9.98 Å². The van der Waals surface area contributed by atoms with E-state index in [1.54, 1.807) is 12.4 Å². The normalized spacial score (nSPS) is 14.3. The molecule has 3 N–H and O–H groups in total. The Labute approximate surface area is 141 Å². The van der Waals surface area contributed by atoms with Crippen LogP contribution in [-0.4, -0.2) is 32.8 Å². The van der Waals surface area contributed by atoms with E-state index in [1.807, 2.05) is 18.2 Å². The number of allylic oxidation sites excluding steroid dienone is 1. The highest BCUT2D eigenvalue weighted by molar-refractivity contribution is 6.20. The summed E-state index contributed by atoms with van der Waals surface area (Å²) in [5.41, 5.74) is 2.43. The first-order valence-corrected chi connectivity index (χ1v) is 8.52. The van der Waals surface area contributed by atoms with E-state index in [9.17, 15) is 5.11 Å². The van der Waals surface area contributed by atoms with Gasteiger partial charge in [0.05, 0.1) is 0 Å². The average molecular weight is 325 g/mol. The van der Waals surface area contributed by atoms with Gasteiger partial charge in [-0.3, -0.25) is 0 Å². The summed E-state index contributed by atoms with van der Waals surface area (Å²) in [5, 5.41) is 13.3. The maximum atomic E-state index is 10.0. The number of H-pyrrole nitrogens is 1. The molecule has 24 heavy (non-hydrogen) atoms. The van der Waals surface area contributed by atoms with E-state index in [0.29, 0.717) is 17.5 Å². The van der Waals surface area contributed by atoms with E-state index in [-0.39, 0.29) is 5.88 Å². The number of nitrogens with one attached hydrogen (secondary N) is 2. The first-order chi connectivity index (χ1) is 11.8. The Hall–Kier alpha value is -2.63. The number of aromatic amines is 1. The SMILES string of the molecule is CCCCCCCNc1nc(O)c(/C=C2\C=Nc3ncccc32)[nH]1. The number of anilines is 1. The lowest BCUT2D eigenvalue weighted by atomic mass is 10.1. The average Bonchev–Trinajstić information content (AvgIpc) is 3.15. The molecule has 0 aliphatic carbocycles. The lowest BCUT2D eigenvalue weighted by Gasteiger charge is -2.02. The van der Waals surface area contributed by atoms with Gasteiger partial charge in [-0.05, 0) is 24.6 Å². The number of aromatic hydroxyl groups is 1. The molecule has 0 radical (unpaired) electrons. The van der Waals surface area contributed by atoms with Crippen molar-refractivity contribution in [1.82, 2.24) is 15.0 Å². The van der Waals surface area contributed by atoms with E-state index in [1.165, 1.54) is 25.7 Å². The van der Waals surface area contributed by atoms with Crippen molar-refractivity contribution in [3.63, 3.8) is 0 Å². The third kappa shape index (κ3) is 3.82. The Balaban J connectivity index is 1.61. The largest absolute Gasteiger partial charge is 0.492 e. The number of unbranched alkanes of at least 4 members (excludes halogenated alkanes) is 4. The molecule has 6 heteroatoms. The predicted octanol–water partition coefficient (Wildman–Crippen LogP) is 4.15. The molecule has 2 aromatic rings. The maximum absolute atomic E-state index is 10.0. The Morgan fingerprint density at radius 3 is 3.00 bits per heavy atom. The Bertz CT molecular complexity index is 748. The molecule has 126 valence electrons. The molecule has 0 amide bonds. The fourth-order valence-electron chi connectivity index (χ4n) is 2.69. The van der Waals surface area contributed by atoms with E-state index in [4.69, 9.17) is 0 Å². The van der Waals surface area contributed by atoms with Crippen LogP contribution in [0.15, 0.2) is 23.3 Å². The number of nitrogens with zero attached hydrogens (tertiary/aromatic N) is 3. The fourth-order valence-corrected chi connectivity index (χ4v) is 2.69. The second kappa shape index (κ2) is 7.77. The van der Waals surface area contributed by atoms with Crippen LogP contribution < -0.4 is 5.32 Å². The van der Waals surface area contributed by atoms with Gasteiger partial charge in [0.15, 0.2) is 5.82 Å². The summed E-state index contributed by atoms with van der Waals surface area (Å²) in [5.74, 6) is 1.28. The van der Waals surface area contributed by atoms with Crippen molar-refractivity contribution in [1.29, 1.82) is 0 Å². The molecule has 0 fully saturated rings. The van der Waals surface area contributed by atoms with Gasteiger partial charge in [-0.15, -0.1) is 0 Å². The number of hydrogen-bond donors (Lipinski definition) is 3. The number of imidazole rings is 1. The molecule has 6 nitrogen and oxygen atoms in total. The van der Waals surface area contributed by atoms with Crippen LogP contribution in [0.2, 0.25) is 0 Å². The van der Waals surface area contributed by atoms with Crippen LogP contribution in [0.5, 0.6) is 5.88 Å². The first-order valence-electron chi connectivity index (χ1n) is 8.52. The van der Waals surface area contributed by atoms with Gasteiger partial charge in [0, 0.05) is 30.1 Å². The van der Waals surface area contributed by atoms with Crippen LogP contribution in [-0.2, 0) is 0 Å². The number of fused-ring (bicyclic) bond motifs is 1. The van der Waals surface area contributed by atoms with Crippen molar-refractivity contribution < 1.29 is 5.11 Å². The fraction of sp³-hybridized carbons (Fsp3) is 0.389. The minimum absolute atomic E-state index is 0.0123. The van der Waals surface area contributed by atoms with Crippen LogP contribution in [0, 0.1) is 0 Å². The van der Waals surface area contributed by atoms with Gasteiger partial charge in [0.1, 0.15) is 5.69 Å². The molecule has 0 spiro atoms. The molecule has 0 bridgehead atoms. The lowest BCUT2D eigenvalue weighted by Crippen LogP contribution is -2.02. The highest BCUT2D eigenvalue weighted by atomic mass is 16.3. The van der Waals surface area contributed by atoms with Crippen molar-refractivity contribution >= 4 is 29.6 Å². The highest BCUT2D eigenvalue weighted by Crippen LogP contribution is 2.31. The van der Waals surface area contributed by atoms with Gasteiger partial charge in [0.25, 0.3) is 0 Å². The third-order valence-electron chi connectivity index (χ3n) is 4.01. The standard InChI is InChI=1S/C18H23N5O/c1-2-3-4-5-6-9-20-18-22-15(17(24)23-18)11-13-12-21-16-14(13)8-7-10-19-16/h7-8,10-12,24H,2-6,9H2,1H3,(H2,20,22,23)/b13-11+. The van der Waals surface area contributed by atoms with Crippen LogP contribution in [0.4, 0.5) is 11.8 Å².